The van der Waals surface area contributed by atoms with Crippen molar-refractivity contribution in [2.45, 2.75) is 45.4 Å². The van der Waals surface area contributed by atoms with E-state index in [0.29, 0.717) is 0 Å². The van der Waals surface area contributed by atoms with Crippen molar-refractivity contribution in [1.82, 2.24) is 0 Å². The van der Waals surface area contributed by atoms with Gasteiger partial charge < -0.3 is 0 Å². The average Bonchev–Trinajstić information content (AvgIpc) is 2.61. The molecule has 0 saturated heterocycles. The van der Waals surface area contributed by atoms with Gasteiger partial charge in [0, 0.05) is 0 Å². The third kappa shape index (κ3) is 6.65. The van der Waals surface area contributed by atoms with E-state index in [0.717, 1.165) is 18.8 Å². The molecule has 0 saturated carbocycles. The molecule has 0 heterocycles. The molecule has 0 N–H and O–H groups in total. The summed E-state index contributed by atoms with van der Waals surface area (Å²) in [6.07, 6.45) is 7.78. The van der Waals surface area contributed by atoms with E-state index in [2.05, 4.69) is 55.5 Å². The Hall–Kier alpha value is -0.847. The molecule has 2 rings (SSSR count). The first-order valence-electron chi connectivity index (χ1n) is 8.71. The SMILES string of the molecule is CCCCCCCCOc1ccc(-c2cc[c]([Zn][Cl])cc2)cc1. The van der Waals surface area contributed by atoms with Crippen LogP contribution in [0.1, 0.15) is 45.4 Å². The predicted molar refractivity (Wildman–Crippen MR) is 96.2 cm³/mol. The van der Waals surface area contributed by atoms with Crippen LogP contribution in [0.15, 0.2) is 48.5 Å². The molecule has 0 aromatic heterocycles. The summed E-state index contributed by atoms with van der Waals surface area (Å²) in [6, 6.07) is 17.0. The molecule has 120 valence electrons. The Morgan fingerprint density at radius 1 is 0.783 bits per heavy atom. The van der Waals surface area contributed by atoms with Crippen molar-refractivity contribution >= 4 is 13.8 Å². The van der Waals surface area contributed by atoms with E-state index >= 15 is 0 Å². The van der Waals surface area contributed by atoms with Crippen LogP contribution in [0.2, 0.25) is 0 Å². The van der Waals surface area contributed by atoms with Crippen molar-refractivity contribution in [3.05, 3.63) is 48.5 Å². The average molecular weight is 382 g/mol. The normalized spacial score (nSPS) is 10.3. The zero-order valence-corrected chi connectivity index (χ0v) is 17.8. The van der Waals surface area contributed by atoms with E-state index in [1.54, 1.807) is 0 Å². The van der Waals surface area contributed by atoms with Gasteiger partial charge in [0.1, 0.15) is 0 Å². The van der Waals surface area contributed by atoms with Crippen LogP contribution in [0.5, 0.6) is 5.75 Å². The van der Waals surface area contributed by atoms with E-state index in [4.69, 9.17) is 14.4 Å². The monoisotopic (exact) mass is 380 g/mol. The molecule has 0 aliphatic rings. The third-order valence-corrected chi connectivity index (χ3v) is 7.30. The Morgan fingerprint density at radius 3 is 1.96 bits per heavy atom. The van der Waals surface area contributed by atoms with Crippen LogP contribution >= 0.6 is 9.69 Å². The van der Waals surface area contributed by atoms with E-state index in [-0.39, 0.29) is 0 Å². The van der Waals surface area contributed by atoms with Gasteiger partial charge in [-0.3, -0.25) is 0 Å². The molecule has 0 spiro atoms. The van der Waals surface area contributed by atoms with Crippen LogP contribution in [0.4, 0.5) is 0 Å². The summed E-state index contributed by atoms with van der Waals surface area (Å²) in [7, 11) is 6.01. The summed E-state index contributed by atoms with van der Waals surface area (Å²) >= 11 is -0.977. The molecule has 1 nitrogen and oxygen atoms in total. The van der Waals surface area contributed by atoms with Gasteiger partial charge in [-0.05, 0) is 0 Å². The van der Waals surface area contributed by atoms with Crippen molar-refractivity contribution in [3.63, 3.8) is 0 Å². The molecule has 0 fully saturated rings. The molecule has 2 aromatic rings. The maximum absolute atomic E-state index is 6.01. The van der Waals surface area contributed by atoms with Crippen molar-refractivity contribution in [2.24, 2.45) is 0 Å². The molecule has 3 heteroatoms. The van der Waals surface area contributed by atoms with E-state index < -0.39 is 16.1 Å². The number of hydrogen-bond donors (Lipinski definition) is 0. The zero-order valence-electron chi connectivity index (χ0n) is 14.1. The Bertz CT molecular complexity index is 551. The van der Waals surface area contributed by atoms with Crippen LogP contribution in [0, 0.1) is 0 Å². The van der Waals surface area contributed by atoms with E-state index in [1.807, 2.05) is 0 Å². The summed E-state index contributed by atoms with van der Waals surface area (Å²) < 4.78 is 7.16. The van der Waals surface area contributed by atoms with Crippen LogP contribution < -0.4 is 8.89 Å². The van der Waals surface area contributed by atoms with Gasteiger partial charge in [0.2, 0.25) is 0 Å². The topological polar surface area (TPSA) is 9.23 Å². The van der Waals surface area contributed by atoms with E-state index in [1.165, 1.54) is 47.4 Å². The number of ether oxygens (including phenoxy) is 1. The second-order valence-corrected chi connectivity index (χ2v) is 9.63. The number of hydrogen-bond acceptors (Lipinski definition) is 1. The summed E-state index contributed by atoms with van der Waals surface area (Å²) in [5.41, 5.74) is 2.47. The van der Waals surface area contributed by atoms with Gasteiger partial charge in [-0.15, -0.1) is 0 Å². The maximum atomic E-state index is 6.01. The number of benzene rings is 2. The van der Waals surface area contributed by atoms with Gasteiger partial charge in [0.15, 0.2) is 0 Å². The Labute approximate surface area is 152 Å². The molecular formula is C20H25ClOZn. The Morgan fingerprint density at radius 2 is 1.35 bits per heavy atom. The van der Waals surface area contributed by atoms with Gasteiger partial charge in [-0.1, -0.05) is 32.6 Å². The van der Waals surface area contributed by atoms with Crippen LogP contribution in [-0.2, 0) is 16.1 Å². The zero-order chi connectivity index (χ0) is 16.3. The fraction of sp³-hybridized carbons (Fsp3) is 0.400. The molecule has 0 amide bonds. The Balaban J connectivity index is 1.75. The number of rotatable bonds is 10. The van der Waals surface area contributed by atoms with E-state index in [9.17, 15) is 0 Å². The second-order valence-electron chi connectivity index (χ2n) is 5.97. The fourth-order valence-corrected chi connectivity index (χ4v) is 4.40. The fourth-order valence-electron chi connectivity index (χ4n) is 2.60. The van der Waals surface area contributed by atoms with Crippen LogP contribution in [0.3, 0.4) is 0 Å². The second kappa shape index (κ2) is 10.8. The molecule has 2 aromatic carbocycles. The van der Waals surface area contributed by atoms with Gasteiger partial charge in [-0.2, -0.15) is 0 Å². The molecule has 0 aliphatic heterocycles. The third-order valence-electron chi connectivity index (χ3n) is 4.06. The predicted octanol–water partition coefficient (Wildman–Crippen LogP) is 5.95. The minimum atomic E-state index is -0.977. The number of unbranched alkanes of at least 4 members (excludes halogenated alkanes) is 5. The first-order chi connectivity index (χ1) is 11.3. The molecular weight excluding hydrogens is 357 g/mol. The summed E-state index contributed by atoms with van der Waals surface area (Å²) in [5, 5.41) is 0. The van der Waals surface area contributed by atoms with Crippen molar-refractivity contribution in [2.75, 3.05) is 6.61 Å². The first kappa shape index (κ1) is 18.5. The van der Waals surface area contributed by atoms with Gasteiger partial charge in [0.05, 0.1) is 0 Å². The van der Waals surface area contributed by atoms with Gasteiger partial charge in [-0.25, -0.2) is 0 Å². The van der Waals surface area contributed by atoms with Crippen molar-refractivity contribution < 1.29 is 20.9 Å². The van der Waals surface area contributed by atoms with Crippen LogP contribution in [0.25, 0.3) is 11.1 Å². The first-order valence-corrected chi connectivity index (χ1v) is 14.1. The molecule has 0 radical (unpaired) electrons. The summed E-state index contributed by atoms with van der Waals surface area (Å²) in [4.78, 5) is 0. The minimum absolute atomic E-state index is 0.822. The molecule has 0 atom stereocenters. The Kier molecular flexibility index (Phi) is 8.71. The van der Waals surface area contributed by atoms with Crippen LogP contribution in [-0.4, -0.2) is 6.61 Å². The molecule has 0 unspecified atom stereocenters. The summed E-state index contributed by atoms with van der Waals surface area (Å²) in [6.45, 7) is 3.07. The van der Waals surface area contributed by atoms with Crippen molar-refractivity contribution in [3.8, 4) is 16.9 Å². The molecule has 0 bridgehead atoms. The molecule has 23 heavy (non-hydrogen) atoms. The van der Waals surface area contributed by atoms with Crippen molar-refractivity contribution in [1.29, 1.82) is 0 Å². The number of halogens is 1. The van der Waals surface area contributed by atoms with Gasteiger partial charge >= 0.3 is 120 Å². The summed E-state index contributed by atoms with van der Waals surface area (Å²) in [5.74, 6) is 0.967. The molecule has 0 aliphatic carbocycles. The standard InChI is InChI=1S/C20H25O.ClH.Zn/c1-2-3-4-5-6-10-17-21-20-15-13-19(14-16-20)18-11-8-7-9-12-18;;/h8-9,11-16H,2-6,10,17H2,1H3;1H;/q;;+1/p-1. The van der Waals surface area contributed by atoms with Gasteiger partial charge in [0.25, 0.3) is 0 Å². The quantitative estimate of drug-likeness (QED) is 0.364.